The van der Waals surface area contributed by atoms with Gasteiger partial charge in [-0.3, -0.25) is 10.1 Å². The molecule has 146 valence electrons. The first-order chi connectivity index (χ1) is 13.4. The van der Waals surface area contributed by atoms with Gasteiger partial charge in [0.2, 0.25) is 5.95 Å². The smallest absolute Gasteiger partial charge is 0.358 e. The van der Waals surface area contributed by atoms with Gasteiger partial charge in [-0.05, 0) is 30.8 Å². The van der Waals surface area contributed by atoms with E-state index in [-0.39, 0.29) is 17.7 Å². The number of nitrogens with one attached hydrogen (secondary N) is 1. The van der Waals surface area contributed by atoms with Crippen molar-refractivity contribution in [3.8, 4) is 0 Å². The van der Waals surface area contributed by atoms with Gasteiger partial charge in [-0.1, -0.05) is 36.8 Å². The molecule has 2 heterocycles. The molecule has 1 amide bonds. The van der Waals surface area contributed by atoms with E-state index in [0.717, 1.165) is 5.56 Å². The highest BCUT2D eigenvalue weighted by molar-refractivity contribution is 5.92. The summed E-state index contributed by atoms with van der Waals surface area (Å²) in [5.74, 6) is -0.490. The number of amides is 1. The lowest BCUT2D eigenvalue weighted by molar-refractivity contribution is -0.389. The Morgan fingerprint density at radius 3 is 2.57 bits per heavy atom. The average Bonchev–Trinajstić information content (AvgIpc) is 3.25. The molecule has 2 aromatic heterocycles. The molecule has 0 saturated heterocycles. The van der Waals surface area contributed by atoms with Gasteiger partial charge in [0, 0.05) is 0 Å². The number of nitrogens with zero attached hydrogens (tertiary/aromatic N) is 6. The minimum absolute atomic E-state index is 0.176. The molecule has 3 aromatic rings. The van der Waals surface area contributed by atoms with Crippen LogP contribution in [-0.4, -0.2) is 35.4 Å². The number of rotatable bonds is 7. The first-order valence-corrected chi connectivity index (χ1v) is 8.83. The molecule has 1 aromatic carbocycles. The van der Waals surface area contributed by atoms with Crippen molar-refractivity contribution in [1.82, 2.24) is 24.5 Å². The Bertz CT molecular complexity index is 991. The van der Waals surface area contributed by atoms with Crippen LogP contribution in [-0.2, 0) is 11.3 Å². The SMILES string of the molecule is CCC(C(=O)Nc1ncn(Cc2ccc(C)cc2)n1)n1nc([N+](=O)[O-])cc1C. The van der Waals surface area contributed by atoms with E-state index in [2.05, 4.69) is 20.5 Å². The van der Waals surface area contributed by atoms with Crippen molar-refractivity contribution in [2.24, 2.45) is 0 Å². The summed E-state index contributed by atoms with van der Waals surface area (Å²) in [6, 6.07) is 8.70. The number of aryl methyl sites for hydroxylation is 2. The fourth-order valence-corrected chi connectivity index (χ4v) is 2.85. The van der Waals surface area contributed by atoms with Crippen molar-refractivity contribution in [3.05, 3.63) is 63.6 Å². The fraction of sp³-hybridized carbons (Fsp3) is 0.333. The monoisotopic (exact) mass is 383 g/mol. The molecule has 0 radical (unpaired) electrons. The molecule has 10 nitrogen and oxygen atoms in total. The standard InChI is InChI=1S/C18H21N7O3/c1-4-15(24-13(3)9-16(21-24)25(27)28)17(26)20-18-19-11-23(22-18)10-14-7-5-12(2)6-8-14/h5-9,11,15H,4,10H2,1-3H3,(H,20,22,26). The molecular weight excluding hydrogens is 362 g/mol. The molecule has 0 aliphatic heterocycles. The minimum atomic E-state index is -0.697. The van der Waals surface area contributed by atoms with Gasteiger partial charge in [0.1, 0.15) is 6.33 Å². The van der Waals surface area contributed by atoms with Crippen LogP contribution >= 0.6 is 0 Å². The number of hydrogen-bond donors (Lipinski definition) is 1. The zero-order chi connectivity index (χ0) is 20.3. The maximum Gasteiger partial charge on any atom is 0.390 e. The Labute approximate surface area is 161 Å². The topological polar surface area (TPSA) is 121 Å². The van der Waals surface area contributed by atoms with E-state index in [9.17, 15) is 14.9 Å². The fourth-order valence-electron chi connectivity index (χ4n) is 2.85. The lowest BCUT2D eigenvalue weighted by Crippen LogP contribution is -2.27. The summed E-state index contributed by atoms with van der Waals surface area (Å²) >= 11 is 0. The van der Waals surface area contributed by atoms with Crippen LogP contribution in [0.25, 0.3) is 0 Å². The third-order valence-corrected chi connectivity index (χ3v) is 4.32. The average molecular weight is 383 g/mol. The molecule has 1 atom stereocenters. The number of hydrogen-bond acceptors (Lipinski definition) is 6. The van der Waals surface area contributed by atoms with E-state index in [1.807, 2.05) is 31.2 Å². The summed E-state index contributed by atoms with van der Waals surface area (Å²) in [7, 11) is 0. The summed E-state index contributed by atoms with van der Waals surface area (Å²) in [4.78, 5) is 27.1. The zero-order valence-corrected chi connectivity index (χ0v) is 15.9. The summed E-state index contributed by atoms with van der Waals surface area (Å²) < 4.78 is 2.99. The summed E-state index contributed by atoms with van der Waals surface area (Å²) in [5, 5.41) is 21.8. The Hall–Kier alpha value is -3.56. The van der Waals surface area contributed by atoms with Crippen LogP contribution in [0.5, 0.6) is 0 Å². The normalized spacial score (nSPS) is 12.0. The number of benzene rings is 1. The van der Waals surface area contributed by atoms with E-state index >= 15 is 0 Å². The molecule has 0 bridgehead atoms. The predicted octanol–water partition coefficient (Wildman–Crippen LogP) is 2.64. The van der Waals surface area contributed by atoms with Crippen LogP contribution in [0.15, 0.2) is 36.7 Å². The van der Waals surface area contributed by atoms with Crippen molar-refractivity contribution in [3.63, 3.8) is 0 Å². The first kappa shape index (κ1) is 19.2. The van der Waals surface area contributed by atoms with Crippen LogP contribution in [0.3, 0.4) is 0 Å². The minimum Gasteiger partial charge on any atom is -0.358 e. The number of nitro groups is 1. The maximum atomic E-state index is 12.6. The van der Waals surface area contributed by atoms with Crippen LogP contribution in [0, 0.1) is 24.0 Å². The number of carbonyl (C=O) groups excluding carboxylic acids is 1. The quantitative estimate of drug-likeness (QED) is 0.494. The van der Waals surface area contributed by atoms with Crippen LogP contribution in [0.1, 0.15) is 36.2 Å². The van der Waals surface area contributed by atoms with E-state index in [1.54, 1.807) is 24.9 Å². The van der Waals surface area contributed by atoms with Crippen molar-refractivity contribution >= 4 is 17.7 Å². The van der Waals surface area contributed by atoms with Gasteiger partial charge in [0.25, 0.3) is 5.91 Å². The Kier molecular flexibility index (Phi) is 5.48. The maximum absolute atomic E-state index is 12.6. The molecule has 28 heavy (non-hydrogen) atoms. The third kappa shape index (κ3) is 4.22. The van der Waals surface area contributed by atoms with E-state index < -0.39 is 11.0 Å². The number of aromatic nitrogens is 5. The van der Waals surface area contributed by atoms with Gasteiger partial charge >= 0.3 is 5.82 Å². The van der Waals surface area contributed by atoms with Gasteiger partial charge in [-0.25, -0.2) is 9.67 Å². The zero-order valence-electron chi connectivity index (χ0n) is 15.9. The second kappa shape index (κ2) is 7.99. The van der Waals surface area contributed by atoms with E-state index in [1.165, 1.54) is 16.3 Å². The first-order valence-electron chi connectivity index (χ1n) is 8.83. The molecule has 0 fully saturated rings. The molecule has 10 heteroatoms. The highest BCUT2D eigenvalue weighted by Gasteiger charge is 2.27. The van der Waals surface area contributed by atoms with Gasteiger partial charge < -0.3 is 10.1 Å². The summed E-state index contributed by atoms with van der Waals surface area (Å²) in [5.41, 5.74) is 2.78. The third-order valence-electron chi connectivity index (χ3n) is 4.32. The van der Waals surface area contributed by atoms with Crippen molar-refractivity contribution in [2.75, 3.05) is 5.32 Å². The van der Waals surface area contributed by atoms with Crippen molar-refractivity contribution in [1.29, 1.82) is 0 Å². The Morgan fingerprint density at radius 1 is 1.25 bits per heavy atom. The molecular formula is C18H21N7O3. The molecule has 0 aliphatic carbocycles. The van der Waals surface area contributed by atoms with E-state index in [4.69, 9.17) is 0 Å². The molecule has 0 saturated carbocycles. The molecule has 1 N–H and O–H groups in total. The molecule has 3 rings (SSSR count). The summed E-state index contributed by atoms with van der Waals surface area (Å²) in [6.07, 6.45) is 1.95. The molecule has 0 spiro atoms. The lowest BCUT2D eigenvalue weighted by atomic mass is 10.1. The van der Waals surface area contributed by atoms with Crippen molar-refractivity contribution in [2.45, 2.75) is 39.8 Å². The second-order valence-corrected chi connectivity index (χ2v) is 6.51. The summed E-state index contributed by atoms with van der Waals surface area (Å²) in [6.45, 7) is 6.03. The second-order valence-electron chi connectivity index (χ2n) is 6.51. The van der Waals surface area contributed by atoms with Gasteiger partial charge in [0.05, 0.1) is 23.4 Å². The highest BCUT2D eigenvalue weighted by atomic mass is 16.6. The van der Waals surface area contributed by atoms with Crippen LogP contribution < -0.4 is 5.32 Å². The molecule has 0 aliphatic rings. The van der Waals surface area contributed by atoms with Gasteiger partial charge in [-0.2, -0.15) is 4.68 Å². The Morgan fingerprint density at radius 2 is 1.96 bits per heavy atom. The number of anilines is 1. The van der Waals surface area contributed by atoms with E-state index in [0.29, 0.717) is 18.7 Å². The van der Waals surface area contributed by atoms with Gasteiger partial charge in [0.15, 0.2) is 6.04 Å². The van der Waals surface area contributed by atoms with Crippen LogP contribution in [0.2, 0.25) is 0 Å². The lowest BCUT2D eigenvalue weighted by Gasteiger charge is -2.12. The van der Waals surface area contributed by atoms with Crippen molar-refractivity contribution < 1.29 is 9.72 Å². The Balaban J connectivity index is 1.70. The van der Waals surface area contributed by atoms with Crippen LogP contribution in [0.4, 0.5) is 11.8 Å². The predicted molar refractivity (Wildman–Crippen MR) is 102 cm³/mol. The molecule has 1 unspecified atom stereocenters. The highest BCUT2D eigenvalue weighted by Crippen LogP contribution is 2.20. The van der Waals surface area contributed by atoms with Gasteiger partial charge in [-0.15, -0.1) is 5.10 Å². The largest absolute Gasteiger partial charge is 0.390 e. The number of carbonyl (C=O) groups is 1.